The number of carbonyl (C=O) groups is 1. The van der Waals surface area contributed by atoms with Gasteiger partial charge in [-0.1, -0.05) is 0 Å². The van der Waals surface area contributed by atoms with Crippen molar-refractivity contribution in [2.45, 2.75) is 24.8 Å². The van der Waals surface area contributed by atoms with E-state index in [0.29, 0.717) is 29.9 Å². The number of hydrogen-bond donors (Lipinski definition) is 1. The molecule has 1 amide bonds. The van der Waals surface area contributed by atoms with Crippen molar-refractivity contribution in [3.8, 4) is 23.6 Å². The maximum absolute atomic E-state index is 11.8. The van der Waals surface area contributed by atoms with Crippen LogP contribution in [0.2, 0.25) is 0 Å². The maximum atomic E-state index is 11.8. The molecule has 0 aromatic heterocycles. The molecule has 0 atom stereocenters. The zero-order chi connectivity index (χ0) is 15.3. The third kappa shape index (κ3) is 3.24. The summed E-state index contributed by atoms with van der Waals surface area (Å²) < 4.78 is 10.5. The van der Waals surface area contributed by atoms with Crippen molar-refractivity contribution in [3.05, 3.63) is 23.8 Å². The Morgan fingerprint density at radius 2 is 2.14 bits per heavy atom. The van der Waals surface area contributed by atoms with Crippen LogP contribution in [0, 0.1) is 22.7 Å². The quantitative estimate of drug-likeness (QED) is 0.884. The van der Waals surface area contributed by atoms with Crippen molar-refractivity contribution in [3.63, 3.8) is 0 Å². The highest BCUT2D eigenvalue weighted by atomic mass is 16.5. The first-order chi connectivity index (χ1) is 10.1. The molecule has 0 saturated heterocycles. The summed E-state index contributed by atoms with van der Waals surface area (Å²) in [6.07, 6.45) is 2.29. The topological polar surface area (TPSA) is 95.1 Å². The largest absolute Gasteiger partial charge is 0.493 e. The van der Waals surface area contributed by atoms with Gasteiger partial charge in [0, 0.05) is 6.07 Å². The van der Waals surface area contributed by atoms with Crippen LogP contribution in [0.3, 0.4) is 0 Å². The minimum Gasteiger partial charge on any atom is -0.493 e. The minimum atomic E-state index is -0.727. The van der Waals surface area contributed by atoms with Crippen molar-refractivity contribution < 1.29 is 14.3 Å². The van der Waals surface area contributed by atoms with Gasteiger partial charge in [0.1, 0.15) is 5.54 Å². The zero-order valence-electron chi connectivity index (χ0n) is 11.7. The van der Waals surface area contributed by atoms with Crippen LogP contribution in [0.4, 0.5) is 0 Å². The molecule has 1 aliphatic carbocycles. The first-order valence-electron chi connectivity index (χ1n) is 6.56. The van der Waals surface area contributed by atoms with Crippen LogP contribution in [0.15, 0.2) is 18.2 Å². The number of rotatable bonds is 5. The number of ether oxygens (including phenoxy) is 2. The molecule has 108 valence electrons. The molecule has 1 aliphatic rings. The van der Waals surface area contributed by atoms with Crippen LogP contribution in [0.1, 0.15) is 24.8 Å². The Bertz CT molecular complexity index is 624. The molecular weight excluding hydrogens is 270 g/mol. The molecule has 0 spiro atoms. The highest BCUT2D eigenvalue weighted by Crippen LogP contribution is 2.31. The molecule has 0 bridgehead atoms. The van der Waals surface area contributed by atoms with Gasteiger partial charge in [-0.2, -0.15) is 10.5 Å². The molecule has 1 N–H and O–H groups in total. The molecule has 2 rings (SSSR count). The standard InChI is InChI=1S/C15H15N3O3/c1-20-13-7-11(8-16)3-4-12(13)21-9-14(19)18-15(10-17)5-2-6-15/h3-4,7H,2,5-6,9H2,1H3,(H,18,19). The first kappa shape index (κ1) is 14.7. The summed E-state index contributed by atoms with van der Waals surface area (Å²) >= 11 is 0. The van der Waals surface area contributed by atoms with Crippen LogP contribution in [-0.4, -0.2) is 25.2 Å². The number of nitriles is 2. The second-order valence-corrected chi connectivity index (χ2v) is 4.86. The fourth-order valence-electron chi connectivity index (χ4n) is 2.10. The molecule has 1 aromatic carbocycles. The minimum absolute atomic E-state index is 0.203. The maximum Gasteiger partial charge on any atom is 0.259 e. The van der Waals surface area contributed by atoms with Crippen molar-refractivity contribution in [2.24, 2.45) is 0 Å². The molecule has 0 unspecified atom stereocenters. The van der Waals surface area contributed by atoms with E-state index in [4.69, 9.17) is 20.0 Å². The predicted molar refractivity (Wildman–Crippen MR) is 73.5 cm³/mol. The van der Waals surface area contributed by atoms with E-state index >= 15 is 0 Å². The number of nitrogens with one attached hydrogen (secondary N) is 1. The summed E-state index contributed by atoms with van der Waals surface area (Å²) in [6, 6.07) is 8.83. The van der Waals surface area contributed by atoms with Crippen LogP contribution in [-0.2, 0) is 4.79 Å². The van der Waals surface area contributed by atoms with E-state index in [1.165, 1.54) is 13.2 Å². The third-order valence-electron chi connectivity index (χ3n) is 3.45. The van der Waals surface area contributed by atoms with Crippen LogP contribution < -0.4 is 14.8 Å². The summed E-state index contributed by atoms with van der Waals surface area (Å²) in [6.45, 7) is -0.203. The molecule has 1 fully saturated rings. The normalized spacial score (nSPS) is 15.0. The second-order valence-electron chi connectivity index (χ2n) is 4.86. The Morgan fingerprint density at radius 1 is 1.38 bits per heavy atom. The van der Waals surface area contributed by atoms with Gasteiger partial charge in [0.2, 0.25) is 0 Å². The molecule has 0 aliphatic heterocycles. The molecule has 21 heavy (non-hydrogen) atoms. The molecule has 0 heterocycles. The number of benzene rings is 1. The van der Waals surface area contributed by atoms with Crippen molar-refractivity contribution >= 4 is 5.91 Å². The number of carbonyl (C=O) groups excluding carboxylic acids is 1. The lowest BCUT2D eigenvalue weighted by molar-refractivity contribution is -0.125. The highest BCUT2D eigenvalue weighted by molar-refractivity contribution is 5.79. The van der Waals surface area contributed by atoms with E-state index in [2.05, 4.69) is 11.4 Å². The number of nitrogens with zero attached hydrogens (tertiary/aromatic N) is 2. The summed E-state index contributed by atoms with van der Waals surface area (Å²) in [5.74, 6) is 0.425. The lowest BCUT2D eigenvalue weighted by Gasteiger charge is -2.35. The van der Waals surface area contributed by atoms with Gasteiger partial charge in [-0.15, -0.1) is 0 Å². The summed E-state index contributed by atoms with van der Waals surface area (Å²) in [5, 5.41) is 20.6. The van der Waals surface area contributed by atoms with E-state index in [0.717, 1.165) is 6.42 Å². The third-order valence-corrected chi connectivity index (χ3v) is 3.45. The second kappa shape index (κ2) is 6.15. The lowest BCUT2D eigenvalue weighted by atomic mass is 9.78. The van der Waals surface area contributed by atoms with Gasteiger partial charge in [-0.05, 0) is 31.4 Å². The van der Waals surface area contributed by atoms with E-state index in [9.17, 15) is 4.79 Å². The van der Waals surface area contributed by atoms with Gasteiger partial charge < -0.3 is 14.8 Å². The SMILES string of the molecule is COc1cc(C#N)ccc1OCC(=O)NC1(C#N)CCC1. The van der Waals surface area contributed by atoms with E-state index < -0.39 is 5.54 Å². The Labute approximate surface area is 122 Å². The molecular formula is C15H15N3O3. The van der Waals surface area contributed by atoms with Crippen molar-refractivity contribution in [2.75, 3.05) is 13.7 Å². The van der Waals surface area contributed by atoms with Crippen molar-refractivity contribution in [1.29, 1.82) is 10.5 Å². The van der Waals surface area contributed by atoms with Gasteiger partial charge in [0.05, 0.1) is 24.8 Å². The number of methoxy groups -OCH3 is 1. The predicted octanol–water partition coefficient (Wildman–Crippen LogP) is 1.51. The van der Waals surface area contributed by atoms with Gasteiger partial charge in [-0.3, -0.25) is 4.79 Å². The van der Waals surface area contributed by atoms with E-state index in [1.54, 1.807) is 12.1 Å². The Hall–Kier alpha value is -2.73. The van der Waals surface area contributed by atoms with Gasteiger partial charge >= 0.3 is 0 Å². The zero-order valence-corrected chi connectivity index (χ0v) is 11.7. The van der Waals surface area contributed by atoms with Gasteiger partial charge in [-0.25, -0.2) is 0 Å². The molecule has 1 saturated carbocycles. The highest BCUT2D eigenvalue weighted by Gasteiger charge is 2.38. The Morgan fingerprint density at radius 3 is 2.67 bits per heavy atom. The smallest absolute Gasteiger partial charge is 0.259 e. The summed E-state index contributed by atoms with van der Waals surface area (Å²) in [4.78, 5) is 11.8. The fourth-order valence-corrected chi connectivity index (χ4v) is 2.10. The van der Waals surface area contributed by atoms with Crippen LogP contribution in [0.25, 0.3) is 0 Å². The number of amides is 1. The van der Waals surface area contributed by atoms with Crippen LogP contribution in [0.5, 0.6) is 11.5 Å². The molecule has 6 nitrogen and oxygen atoms in total. The summed E-state index contributed by atoms with van der Waals surface area (Å²) in [5.41, 5.74) is -0.281. The van der Waals surface area contributed by atoms with Crippen LogP contribution >= 0.6 is 0 Å². The average molecular weight is 285 g/mol. The fraction of sp³-hybridized carbons (Fsp3) is 0.400. The first-order valence-corrected chi connectivity index (χ1v) is 6.56. The van der Waals surface area contributed by atoms with Gasteiger partial charge in [0.25, 0.3) is 5.91 Å². The Balaban J connectivity index is 1.95. The molecule has 1 aromatic rings. The van der Waals surface area contributed by atoms with Gasteiger partial charge in [0.15, 0.2) is 18.1 Å². The molecule has 6 heteroatoms. The Kier molecular flexibility index (Phi) is 4.30. The van der Waals surface area contributed by atoms with E-state index in [1.807, 2.05) is 6.07 Å². The number of hydrogen-bond acceptors (Lipinski definition) is 5. The van der Waals surface area contributed by atoms with Crippen molar-refractivity contribution in [1.82, 2.24) is 5.32 Å². The molecule has 0 radical (unpaired) electrons. The monoisotopic (exact) mass is 285 g/mol. The summed E-state index contributed by atoms with van der Waals surface area (Å²) in [7, 11) is 1.46. The lowest BCUT2D eigenvalue weighted by Crippen LogP contribution is -2.53. The average Bonchev–Trinajstić information content (AvgIpc) is 2.48. The van der Waals surface area contributed by atoms with E-state index in [-0.39, 0.29) is 12.5 Å².